The van der Waals surface area contributed by atoms with Crippen LogP contribution >= 0.6 is 0 Å². The zero-order valence-electron chi connectivity index (χ0n) is 15.1. The zero-order valence-corrected chi connectivity index (χ0v) is 15.1. The van der Waals surface area contributed by atoms with Crippen LogP contribution < -0.4 is 14.2 Å². The Morgan fingerprint density at radius 2 is 2.04 bits per heavy atom. The van der Waals surface area contributed by atoms with Crippen molar-refractivity contribution < 1.29 is 19.0 Å². The number of amides is 1. The van der Waals surface area contributed by atoms with Gasteiger partial charge in [0.2, 0.25) is 5.91 Å². The van der Waals surface area contributed by atoms with Gasteiger partial charge in [0.25, 0.3) is 0 Å². The molecule has 0 radical (unpaired) electrons. The van der Waals surface area contributed by atoms with Crippen LogP contribution in [-0.4, -0.2) is 43.7 Å². The number of benzene rings is 2. The summed E-state index contributed by atoms with van der Waals surface area (Å²) < 4.78 is 16.9. The molecule has 1 aliphatic rings. The summed E-state index contributed by atoms with van der Waals surface area (Å²) in [4.78, 5) is 14.3. The fraction of sp³-hybridized carbons (Fsp3) is 0.286. The molecule has 0 saturated heterocycles. The minimum absolute atomic E-state index is 0.0576. The SMILES string of the molecule is CCN(CC1COc2ccccc2O1)C(=O)/C=C/c1cccc(OC)c1. The molecule has 0 saturated carbocycles. The first-order valence-electron chi connectivity index (χ1n) is 8.69. The molecular weight excluding hydrogens is 330 g/mol. The number of hydrogen-bond acceptors (Lipinski definition) is 4. The number of para-hydroxylation sites is 2. The molecule has 2 aromatic rings. The van der Waals surface area contributed by atoms with Crippen molar-refractivity contribution in [2.24, 2.45) is 0 Å². The van der Waals surface area contributed by atoms with Gasteiger partial charge in [-0.05, 0) is 42.8 Å². The Hall–Kier alpha value is -2.95. The van der Waals surface area contributed by atoms with Crippen LogP contribution in [0.5, 0.6) is 17.2 Å². The van der Waals surface area contributed by atoms with Gasteiger partial charge in [0, 0.05) is 12.6 Å². The second-order valence-corrected chi connectivity index (χ2v) is 5.98. The van der Waals surface area contributed by atoms with E-state index in [9.17, 15) is 4.79 Å². The first-order chi connectivity index (χ1) is 12.7. The van der Waals surface area contributed by atoms with Gasteiger partial charge in [0.05, 0.1) is 13.7 Å². The van der Waals surface area contributed by atoms with E-state index in [1.165, 1.54) is 0 Å². The maximum atomic E-state index is 12.5. The standard InChI is InChI=1S/C21H23NO4/c1-3-22(14-18-15-25-19-9-4-5-10-20(19)26-18)21(23)12-11-16-7-6-8-17(13-16)24-2/h4-13,18H,3,14-15H2,1-2H3/b12-11+. The second-order valence-electron chi connectivity index (χ2n) is 5.98. The molecular formula is C21H23NO4. The molecule has 3 rings (SSSR count). The maximum Gasteiger partial charge on any atom is 0.246 e. The molecule has 0 spiro atoms. The topological polar surface area (TPSA) is 48.0 Å². The van der Waals surface area contributed by atoms with Gasteiger partial charge in [-0.1, -0.05) is 24.3 Å². The second kappa shape index (κ2) is 8.43. The van der Waals surface area contributed by atoms with Crippen LogP contribution in [0, 0.1) is 0 Å². The van der Waals surface area contributed by atoms with Crippen LogP contribution in [0.1, 0.15) is 12.5 Å². The number of methoxy groups -OCH3 is 1. The molecule has 1 unspecified atom stereocenters. The number of ether oxygens (including phenoxy) is 3. The van der Waals surface area contributed by atoms with Crippen molar-refractivity contribution in [1.82, 2.24) is 4.90 Å². The number of hydrogen-bond donors (Lipinski definition) is 0. The van der Waals surface area contributed by atoms with E-state index in [0.717, 1.165) is 22.8 Å². The first-order valence-corrected chi connectivity index (χ1v) is 8.69. The lowest BCUT2D eigenvalue weighted by molar-refractivity contribution is -0.127. The fourth-order valence-corrected chi connectivity index (χ4v) is 2.79. The molecule has 136 valence electrons. The largest absolute Gasteiger partial charge is 0.497 e. The number of carbonyl (C=O) groups is 1. The Labute approximate surface area is 153 Å². The van der Waals surface area contributed by atoms with Crippen LogP contribution in [0.2, 0.25) is 0 Å². The van der Waals surface area contributed by atoms with Gasteiger partial charge < -0.3 is 19.1 Å². The third-order valence-corrected chi connectivity index (χ3v) is 4.20. The highest BCUT2D eigenvalue weighted by Gasteiger charge is 2.23. The Bertz CT molecular complexity index is 787. The van der Waals surface area contributed by atoms with Crippen molar-refractivity contribution in [1.29, 1.82) is 0 Å². The highest BCUT2D eigenvalue weighted by Crippen LogP contribution is 2.31. The van der Waals surface area contributed by atoms with E-state index < -0.39 is 0 Å². The molecule has 5 heteroatoms. The van der Waals surface area contributed by atoms with E-state index in [1.54, 1.807) is 24.2 Å². The van der Waals surface area contributed by atoms with Crippen LogP contribution in [0.4, 0.5) is 0 Å². The number of fused-ring (bicyclic) bond motifs is 1. The molecule has 1 aliphatic heterocycles. The molecule has 0 fully saturated rings. The Kier molecular flexibility index (Phi) is 5.79. The van der Waals surface area contributed by atoms with Gasteiger partial charge in [-0.15, -0.1) is 0 Å². The predicted octanol–water partition coefficient (Wildman–Crippen LogP) is 3.40. The summed E-state index contributed by atoms with van der Waals surface area (Å²) in [6, 6.07) is 15.2. The van der Waals surface area contributed by atoms with Crippen LogP contribution in [-0.2, 0) is 4.79 Å². The van der Waals surface area contributed by atoms with Gasteiger partial charge in [-0.25, -0.2) is 0 Å². The van der Waals surface area contributed by atoms with E-state index in [4.69, 9.17) is 14.2 Å². The molecule has 26 heavy (non-hydrogen) atoms. The van der Waals surface area contributed by atoms with Crippen molar-refractivity contribution >= 4 is 12.0 Å². The summed E-state index contributed by atoms with van der Waals surface area (Å²) in [5.41, 5.74) is 0.917. The molecule has 2 aromatic carbocycles. The first kappa shape index (κ1) is 17.9. The summed E-state index contributed by atoms with van der Waals surface area (Å²) in [5, 5.41) is 0. The lowest BCUT2D eigenvalue weighted by Gasteiger charge is -2.30. The number of likely N-dealkylation sites (N-methyl/N-ethyl adjacent to an activating group) is 1. The lowest BCUT2D eigenvalue weighted by Crippen LogP contribution is -2.43. The van der Waals surface area contributed by atoms with E-state index in [0.29, 0.717) is 19.7 Å². The van der Waals surface area contributed by atoms with Gasteiger partial charge >= 0.3 is 0 Å². The molecule has 5 nitrogen and oxygen atoms in total. The Balaban J connectivity index is 1.61. The van der Waals surface area contributed by atoms with Gasteiger partial charge in [-0.2, -0.15) is 0 Å². The maximum absolute atomic E-state index is 12.5. The van der Waals surface area contributed by atoms with Gasteiger partial charge in [-0.3, -0.25) is 4.79 Å². The summed E-state index contributed by atoms with van der Waals surface area (Å²) in [6.45, 7) is 3.46. The van der Waals surface area contributed by atoms with E-state index in [-0.39, 0.29) is 12.0 Å². The van der Waals surface area contributed by atoms with Crippen LogP contribution in [0.25, 0.3) is 6.08 Å². The van der Waals surface area contributed by atoms with Gasteiger partial charge in [0.15, 0.2) is 17.6 Å². The molecule has 0 aromatic heterocycles. The van der Waals surface area contributed by atoms with E-state index in [1.807, 2.05) is 55.5 Å². The Morgan fingerprint density at radius 3 is 2.81 bits per heavy atom. The summed E-state index contributed by atoms with van der Waals surface area (Å²) in [6.07, 6.45) is 3.19. The third kappa shape index (κ3) is 4.36. The average molecular weight is 353 g/mol. The molecule has 0 aliphatic carbocycles. The number of rotatable bonds is 6. The van der Waals surface area contributed by atoms with Crippen LogP contribution in [0.3, 0.4) is 0 Å². The number of nitrogens with zero attached hydrogens (tertiary/aromatic N) is 1. The zero-order chi connectivity index (χ0) is 18.4. The van der Waals surface area contributed by atoms with Gasteiger partial charge in [0.1, 0.15) is 12.4 Å². The molecule has 0 N–H and O–H groups in total. The molecule has 1 heterocycles. The van der Waals surface area contributed by atoms with Crippen LogP contribution in [0.15, 0.2) is 54.6 Å². The third-order valence-electron chi connectivity index (χ3n) is 4.20. The minimum Gasteiger partial charge on any atom is -0.497 e. The monoisotopic (exact) mass is 353 g/mol. The van der Waals surface area contributed by atoms with Crippen molar-refractivity contribution in [3.05, 3.63) is 60.2 Å². The number of carbonyl (C=O) groups excluding carboxylic acids is 1. The smallest absolute Gasteiger partial charge is 0.246 e. The molecule has 1 amide bonds. The van der Waals surface area contributed by atoms with Crippen molar-refractivity contribution in [3.63, 3.8) is 0 Å². The highest BCUT2D eigenvalue weighted by atomic mass is 16.6. The minimum atomic E-state index is -0.181. The fourth-order valence-electron chi connectivity index (χ4n) is 2.79. The average Bonchev–Trinajstić information content (AvgIpc) is 2.70. The van der Waals surface area contributed by atoms with E-state index in [2.05, 4.69) is 0 Å². The van der Waals surface area contributed by atoms with E-state index >= 15 is 0 Å². The summed E-state index contributed by atoms with van der Waals surface area (Å²) in [5.74, 6) is 2.17. The molecule has 0 bridgehead atoms. The summed E-state index contributed by atoms with van der Waals surface area (Å²) in [7, 11) is 1.62. The highest BCUT2D eigenvalue weighted by molar-refractivity contribution is 5.91. The summed E-state index contributed by atoms with van der Waals surface area (Å²) >= 11 is 0. The normalized spacial score (nSPS) is 15.7. The van der Waals surface area contributed by atoms with Crippen molar-refractivity contribution in [2.45, 2.75) is 13.0 Å². The molecule has 1 atom stereocenters. The predicted molar refractivity (Wildman–Crippen MR) is 101 cm³/mol. The Morgan fingerprint density at radius 1 is 1.23 bits per heavy atom. The van der Waals surface area contributed by atoms with Crippen molar-refractivity contribution in [3.8, 4) is 17.2 Å². The quantitative estimate of drug-likeness (QED) is 0.747. The van der Waals surface area contributed by atoms with Crippen molar-refractivity contribution in [2.75, 3.05) is 26.8 Å². The lowest BCUT2D eigenvalue weighted by atomic mass is 10.2.